The van der Waals surface area contributed by atoms with Gasteiger partial charge in [-0.3, -0.25) is 9.69 Å². The monoisotopic (exact) mass is 355 g/mol. The summed E-state index contributed by atoms with van der Waals surface area (Å²) in [5.41, 5.74) is 6.22. The molecule has 1 N–H and O–H groups in total. The van der Waals surface area contributed by atoms with Gasteiger partial charge in [0, 0.05) is 12.1 Å². The number of ketones is 1. The van der Waals surface area contributed by atoms with E-state index in [1.165, 1.54) is 5.56 Å². The van der Waals surface area contributed by atoms with Crippen molar-refractivity contribution < 1.29 is 14.6 Å². The second kappa shape index (κ2) is 8.47. The van der Waals surface area contributed by atoms with Crippen LogP contribution in [0.15, 0.2) is 30.3 Å². The summed E-state index contributed by atoms with van der Waals surface area (Å²) in [4.78, 5) is 14.2. The Labute approximate surface area is 156 Å². The molecule has 0 aliphatic heterocycles. The highest BCUT2D eigenvalue weighted by molar-refractivity contribution is 5.97. The zero-order chi connectivity index (χ0) is 19.4. The second-order valence-electron chi connectivity index (χ2n) is 6.93. The lowest BCUT2D eigenvalue weighted by atomic mass is 9.91. The number of nitrogens with zero attached hydrogens (tertiary/aromatic N) is 1. The van der Waals surface area contributed by atoms with E-state index < -0.39 is 0 Å². The number of ether oxygens (including phenoxy) is 1. The molecule has 0 heterocycles. The van der Waals surface area contributed by atoms with Gasteiger partial charge in [0.05, 0.1) is 19.8 Å². The molecule has 4 heteroatoms. The number of Topliss-reactive ketones (excluding diaryl/α,β-unsaturated/α-hetero) is 1. The van der Waals surface area contributed by atoms with Gasteiger partial charge in [0.1, 0.15) is 5.75 Å². The van der Waals surface area contributed by atoms with Crippen LogP contribution in [-0.4, -0.2) is 36.6 Å². The topological polar surface area (TPSA) is 49.8 Å². The molecule has 0 saturated carbocycles. The summed E-state index contributed by atoms with van der Waals surface area (Å²) >= 11 is 0. The summed E-state index contributed by atoms with van der Waals surface area (Å²) in [6.07, 6.45) is 0. The number of hydrogen-bond donors (Lipinski definition) is 1. The first kappa shape index (κ1) is 20.1. The Morgan fingerprint density at radius 2 is 1.77 bits per heavy atom. The van der Waals surface area contributed by atoms with Gasteiger partial charge in [-0.05, 0) is 74.7 Å². The fourth-order valence-electron chi connectivity index (χ4n) is 3.70. The third kappa shape index (κ3) is 4.14. The van der Waals surface area contributed by atoms with Gasteiger partial charge in [-0.2, -0.15) is 0 Å². The molecule has 26 heavy (non-hydrogen) atoms. The first-order chi connectivity index (χ1) is 12.3. The first-order valence-electron chi connectivity index (χ1n) is 8.85. The molecule has 1 unspecified atom stereocenters. The van der Waals surface area contributed by atoms with Gasteiger partial charge in [0.25, 0.3) is 0 Å². The van der Waals surface area contributed by atoms with Gasteiger partial charge in [-0.15, -0.1) is 0 Å². The smallest absolute Gasteiger partial charge is 0.160 e. The lowest BCUT2D eigenvalue weighted by Gasteiger charge is -2.29. The first-order valence-corrected chi connectivity index (χ1v) is 8.85. The van der Waals surface area contributed by atoms with Crippen molar-refractivity contribution in [1.29, 1.82) is 0 Å². The van der Waals surface area contributed by atoms with Crippen molar-refractivity contribution in [3.63, 3.8) is 0 Å². The van der Waals surface area contributed by atoms with Crippen LogP contribution in [0.5, 0.6) is 5.75 Å². The molecule has 0 saturated heterocycles. The highest BCUT2D eigenvalue weighted by atomic mass is 16.5. The molecule has 2 aromatic rings. The minimum absolute atomic E-state index is 0.0202. The fraction of sp³-hybridized carbons (Fsp3) is 0.409. The number of benzene rings is 2. The van der Waals surface area contributed by atoms with E-state index in [1.807, 2.05) is 45.2 Å². The number of carbonyl (C=O) groups is 1. The lowest BCUT2D eigenvalue weighted by molar-refractivity contribution is 0.101. The van der Waals surface area contributed by atoms with Crippen LogP contribution in [0.2, 0.25) is 0 Å². The number of rotatable bonds is 7. The number of hydrogen-bond acceptors (Lipinski definition) is 4. The Morgan fingerprint density at radius 3 is 2.27 bits per heavy atom. The minimum Gasteiger partial charge on any atom is -0.497 e. The van der Waals surface area contributed by atoms with E-state index in [-0.39, 0.29) is 18.4 Å². The lowest BCUT2D eigenvalue weighted by Crippen LogP contribution is -2.28. The molecule has 0 aliphatic carbocycles. The number of carbonyl (C=O) groups excluding carboxylic acids is 1. The third-order valence-electron chi connectivity index (χ3n) is 5.10. The standard InChI is InChI=1S/C22H29NO3/c1-14-11-15(2)22(17(4)25)16(3)20(14)12-23(5)21(13-24)18-7-9-19(26-6)10-8-18/h7-11,21,24H,12-13H2,1-6H3. The number of likely N-dealkylation sites (N-methyl/N-ethyl adjacent to an activating group) is 1. The second-order valence-corrected chi connectivity index (χ2v) is 6.93. The quantitative estimate of drug-likeness (QED) is 0.763. The van der Waals surface area contributed by atoms with E-state index >= 15 is 0 Å². The molecule has 2 rings (SSSR count). The van der Waals surface area contributed by atoms with Gasteiger partial charge in [-0.1, -0.05) is 18.2 Å². The van der Waals surface area contributed by atoms with Crippen molar-refractivity contribution in [3.05, 3.63) is 63.7 Å². The SMILES string of the molecule is COc1ccc(C(CO)N(C)Cc2c(C)cc(C)c(C(C)=O)c2C)cc1. The summed E-state index contributed by atoms with van der Waals surface area (Å²) in [5.74, 6) is 0.891. The van der Waals surface area contributed by atoms with E-state index in [4.69, 9.17) is 4.74 Å². The van der Waals surface area contributed by atoms with Crippen molar-refractivity contribution in [2.75, 3.05) is 20.8 Å². The molecular formula is C22H29NO3. The predicted octanol–water partition coefficient (Wildman–Crippen LogP) is 3.99. The Kier molecular flexibility index (Phi) is 6.57. The average molecular weight is 355 g/mol. The van der Waals surface area contributed by atoms with E-state index in [2.05, 4.69) is 17.9 Å². The van der Waals surface area contributed by atoms with Crippen molar-refractivity contribution >= 4 is 5.78 Å². The largest absolute Gasteiger partial charge is 0.497 e. The maximum Gasteiger partial charge on any atom is 0.160 e. The van der Waals surface area contributed by atoms with Gasteiger partial charge in [-0.25, -0.2) is 0 Å². The molecule has 4 nitrogen and oxygen atoms in total. The minimum atomic E-state index is -0.123. The highest BCUT2D eigenvalue weighted by Gasteiger charge is 2.20. The molecule has 0 amide bonds. The molecule has 0 bridgehead atoms. The van der Waals surface area contributed by atoms with E-state index in [9.17, 15) is 9.90 Å². The van der Waals surface area contributed by atoms with Crippen LogP contribution >= 0.6 is 0 Å². The van der Waals surface area contributed by atoms with Gasteiger partial charge < -0.3 is 9.84 Å². The maximum atomic E-state index is 12.0. The van der Waals surface area contributed by atoms with Gasteiger partial charge >= 0.3 is 0 Å². The molecular weight excluding hydrogens is 326 g/mol. The molecule has 2 aromatic carbocycles. The zero-order valence-corrected chi connectivity index (χ0v) is 16.6. The summed E-state index contributed by atoms with van der Waals surface area (Å²) in [6, 6.07) is 9.72. The van der Waals surface area contributed by atoms with Crippen LogP contribution in [0.25, 0.3) is 0 Å². The third-order valence-corrected chi connectivity index (χ3v) is 5.10. The molecule has 0 fully saturated rings. The molecule has 0 aliphatic rings. The Balaban J connectivity index is 2.33. The van der Waals surface area contributed by atoms with Crippen LogP contribution < -0.4 is 4.74 Å². The van der Waals surface area contributed by atoms with Crippen molar-refractivity contribution in [3.8, 4) is 5.75 Å². The fourth-order valence-corrected chi connectivity index (χ4v) is 3.70. The summed E-state index contributed by atoms with van der Waals surface area (Å²) in [7, 11) is 3.64. The van der Waals surface area contributed by atoms with Crippen LogP contribution in [0.4, 0.5) is 0 Å². The van der Waals surface area contributed by atoms with Crippen LogP contribution in [0, 0.1) is 20.8 Å². The number of methoxy groups -OCH3 is 1. The predicted molar refractivity (Wildman–Crippen MR) is 105 cm³/mol. The van der Waals surface area contributed by atoms with Crippen molar-refractivity contribution in [2.24, 2.45) is 0 Å². The van der Waals surface area contributed by atoms with E-state index in [1.54, 1.807) is 14.0 Å². The molecule has 0 radical (unpaired) electrons. The average Bonchev–Trinajstić information content (AvgIpc) is 2.59. The van der Waals surface area contributed by atoms with Gasteiger partial charge in [0.2, 0.25) is 0 Å². The number of aliphatic hydroxyl groups excluding tert-OH is 1. The van der Waals surface area contributed by atoms with Crippen molar-refractivity contribution in [1.82, 2.24) is 4.90 Å². The normalized spacial score (nSPS) is 12.3. The summed E-state index contributed by atoms with van der Waals surface area (Å²) < 4.78 is 5.21. The molecule has 1 atom stereocenters. The number of aryl methyl sites for hydroxylation is 2. The Hall–Kier alpha value is -2.17. The van der Waals surface area contributed by atoms with E-state index in [0.29, 0.717) is 6.54 Å². The van der Waals surface area contributed by atoms with Crippen LogP contribution in [0.1, 0.15) is 51.1 Å². The molecule has 0 spiro atoms. The van der Waals surface area contributed by atoms with Crippen LogP contribution in [0.3, 0.4) is 0 Å². The van der Waals surface area contributed by atoms with Gasteiger partial charge in [0.15, 0.2) is 5.78 Å². The molecule has 140 valence electrons. The van der Waals surface area contributed by atoms with E-state index in [0.717, 1.165) is 33.6 Å². The van der Waals surface area contributed by atoms with Crippen molar-refractivity contribution in [2.45, 2.75) is 40.3 Å². The zero-order valence-electron chi connectivity index (χ0n) is 16.6. The number of aliphatic hydroxyl groups is 1. The Bertz CT molecular complexity index is 781. The summed E-state index contributed by atoms with van der Waals surface area (Å²) in [6.45, 7) is 8.38. The molecule has 0 aromatic heterocycles. The summed E-state index contributed by atoms with van der Waals surface area (Å²) in [5, 5.41) is 9.95. The Morgan fingerprint density at radius 1 is 1.15 bits per heavy atom. The maximum absolute atomic E-state index is 12.0. The highest BCUT2D eigenvalue weighted by Crippen LogP contribution is 2.28. The van der Waals surface area contributed by atoms with Crippen LogP contribution in [-0.2, 0) is 6.54 Å².